The van der Waals surface area contributed by atoms with E-state index in [-0.39, 0.29) is 5.91 Å². The van der Waals surface area contributed by atoms with Gasteiger partial charge in [0.1, 0.15) is 7.11 Å². The molecule has 4 nitrogen and oxygen atoms in total. The highest BCUT2D eigenvalue weighted by molar-refractivity contribution is 5.95. The molecule has 0 aromatic heterocycles. The van der Waals surface area contributed by atoms with E-state index in [9.17, 15) is 4.79 Å². The molecule has 0 aliphatic carbocycles. The summed E-state index contributed by atoms with van der Waals surface area (Å²) in [5.74, 6) is -0.0463. The van der Waals surface area contributed by atoms with Crippen LogP contribution < -0.4 is 0 Å². The second-order valence-electron chi connectivity index (χ2n) is 3.83. The minimum Gasteiger partial charge on any atom is -0.399 e. The maximum Gasteiger partial charge on any atom is 0.254 e. The normalized spacial score (nSPS) is 10.2. The van der Waals surface area contributed by atoms with E-state index in [1.54, 1.807) is 35.4 Å². The van der Waals surface area contributed by atoms with Gasteiger partial charge >= 0.3 is 0 Å². The first kappa shape index (κ1) is 14.7. The molecular formula is C15H18N2O2. The molecule has 1 aromatic rings. The van der Waals surface area contributed by atoms with Gasteiger partial charge in [0.25, 0.3) is 5.91 Å². The summed E-state index contributed by atoms with van der Waals surface area (Å²) in [5, 5.41) is 3.66. The average molecular weight is 258 g/mol. The third-order valence-corrected chi connectivity index (χ3v) is 2.45. The summed E-state index contributed by atoms with van der Waals surface area (Å²) in [6.07, 6.45) is 4.97. The monoisotopic (exact) mass is 258 g/mol. The van der Waals surface area contributed by atoms with E-state index in [0.29, 0.717) is 18.7 Å². The first-order valence-electron chi connectivity index (χ1n) is 5.90. The molecule has 100 valence electrons. The first-order chi connectivity index (χ1) is 9.22. The molecule has 0 atom stereocenters. The lowest BCUT2D eigenvalue weighted by molar-refractivity contribution is 0.0791. The van der Waals surface area contributed by atoms with Crippen molar-refractivity contribution < 1.29 is 9.63 Å². The van der Waals surface area contributed by atoms with E-state index >= 15 is 0 Å². The van der Waals surface area contributed by atoms with Crippen LogP contribution >= 0.6 is 0 Å². The molecule has 0 bridgehead atoms. The van der Waals surface area contributed by atoms with Gasteiger partial charge in [-0.25, -0.2) is 0 Å². The van der Waals surface area contributed by atoms with Gasteiger partial charge in [-0.05, 0) is 17.7 Å². The van der Waals surface area contributed by atoms with Crippen molar-refractivity contribution >= 4 is 12.1 Å². The van der Waals surface area contributed by atoms with Crippen molar-refractivity contribution in [1.82, 2.24) is 4.90 Å². The largest absolute Gasteiger partial charge is 0.399 e. The SMILES string of the molecule is C=CCN(CC=C)C(=O)c1ccc(C=NOC)cc1. The van der Waals surface area contributed by atoms with Gasteiger partial charge in [0.05, 0.1) is 6.21 Å². The van der Waals surface area contributed by atoms with Crippen molar-refractivity contribution in [2.45, 2.75) is 0 Å². The predicted molar refractivity (Wildman–Crippen MR) is 77.3 cm³/mol. The lowest BCUT2D eigenvalue weighted by Crippen LogP contribution is -2.31. The third kappa shape index (κ3) is 4.43. The number of oxime groups is 1. The Hall–Kier alpha value is -2.36. The summed E-state index contributed by atoms with van der Waals surface area (Å²) in [6.45, 7) is 8.29. The van der Waals surface area contributed by atoms with Crippen molar-refractivity contribution in [1.29, 1.82) is 0 Å². The zero-order valence-corrected chi connectivity index (χ0v) is 11.1. The quantitative estimate of drug-likeness (QED) is 0.428. The summed E-state index contributed by atoms with van der Waals surface area (Å²) in [4.78, 5) is 18.5. The molecule has 4 heteroatoms. The van der Waals surface area contributed by atoms with Crippen molar-refractivity contribution in [3.63, 3.8) is 0 Å². The van der Waals surface area contributed by atoms with E-state index in [4.69, 9.17) is 0 Å². The van der Waals surface area contributed by atoms with Crippen LogP contribution in [0.15, 0.2) is 54.7 Å². The lowest BCUT2D eigenvalue weighted by Gasteiger charge is -2.19. The van der Waals surface area contributed by atoms with Gasteiger partial charge in [0.2, 0.25) is 0 Å². The standard InChI is InChI=1S/C15H18N2O2/c1-4-10-17(11-5-2)15(18)14-8-6-13(7-9-14)12-16-19-3/h4-9,12H,1-2,10-11H2,3H3. The summed E-state index contributed by atoms with van der Waals surface area (Å²) in [5.41, 5.74) is 1.50. The smallest absolute Gasteiger partial charge is 0.254 e. The number of rotatable bonds is 7. The second kappa shape index (κ2) is 7.87. The molecule has 0 spiro atoms. The van der Waals surface area contributed by atoms with E-state index < -0.39 is 0 Å². The molecule has 0 N–H and O–H groups in total. The van der Waals surface area contributed by atoms with E-state index in [1.807, 2.05) is 12.1 Å². The lowest BCUT2D eigenvalue weighted by atomic mass is 10.1. The van der Waals surface area contributed by atoms with E-state index in [0.717, 1.165) is 5.56 Å². The molecule has 1 aromatic carbocycles. The molecular weight excluding hydrogens is 240 g/mol. The number of hydrogen-bond acceptors (Lipinski definition) is 3. The number of nitrogens with zero attached hydrogens (tertiary/aromatic N) is 2. The highest BCUT2D eigenvalue weighted by Gasteiger charge is 2.12. The predicted octanol–water partition coefficient (Wildman–Crippen LogP) is 2.48. The summed E-state index contributed by atoms with van der Waals surface area (Å²) in [6, 6.07) is 7.16. The van der Waals surface area contributed by atoms with Crippen LogP contribution in [0.4, 0.5) is 0 Å². The fourth-order valence-corrected chi connectivity index (χ4v) is 1.56. The second-order valence-corrected chi connectivity index (χ2v) is 3.83. The molecule has 0 aliphatic rings. The van der Waals surface area contributed by atoms with Gasteiger partial charge < -0.3 is 9.74 Å². The zero-order valence-electron chi connectivity index (χ0n) is 11.1. The topological polar surface area (TPSA) is 41.9 Å². The number of carbonyl (C=O) groups is 1. The minimum atomic E-state index is -0.0463. The van der Waals surface area contributed by atoms with Gasteiger partial charge in [0, 0.05) is 18.7 Å². The van der Waals surface area contributed by atoms with Crippen LogP contribution in [0.25, 0.3) is 0 Å². The van der Waals surface area contributed by atoms with Gasteiger partial charge in [-0.1, -0.05) is 29.4 Å². The number of benzene rings is 1. The number of amides is 1. The van der Waals surface area contributed by atoms with Crippen LogP contribution in [0, 0.1) is 0 Å². The van der Waals surface area contributed by atoms with Crippen molar-refractivity contribution in [3.8, 4) is 0 Å². The molecule has 0 radical (unpaired) electrons. The summed E-state index contributed by atoms with van der Waals surface area (Å²) < 4.78 is 0. The van der Waals surface area contributed by atoms with Crippen LogP contribution in [-0.2, 0) is 4.84 Å². The van der Waals surface area contributed by atoms with Gasteiger partial charge in [-0.2, -0.15) is 0 Å². The van der Waals surface area contributed by atoms with E-state index in [2.05, 4.69) is 23.2 Å². The van der Waals surface area contributed by atoms with Crippen LogP contribution in [0.5, 0.6) is 0 Å². The van der Waals surface area contributed by atoms with Crippen molar-refractivity contribution in [2.24, 2.45) is 5.16 Å². The van der Waals surface area contributed by atoms with Crippen LogP contribution in [0.3, 0.4) is 0 Å². The fourth-order valence-electron chi connectivity index (χ4n) is 1.56. The zero-order chi connectivity index (χ0) is 14.1. The Morgan fingerprint density at radius 3 is 2.32 bits per heavy atom. The highest BCUT2D eigenvalue weighted by Crippen LogP contribution is 2.07. The van der Waals surface area contributed by atoms with Gasteiger partial charge in [0.15, 0.2) is 0 Å². The summed E-state index contributed by atoms with van der Waals surface area (Å²) in [7, 11) is 1.48. The maximum atomic E-state index is 12.2. The van der Waals surface area contributed by atoms with Gasteiger partial charge in [-0.15, -0.1) is 13.2 Å². The molecule has 0 fully saturated rings. The van der Waals surface area contributed by atoms with Crippen LogP contribution in [0.2, 0.25) is 0 Å². The minimum absolute atomic E-state index is 0.0463. The Bertz CT molecular complexity index is 454. The first-order valence-corrected chi connectivity index (χ1v) is 5.90. The molecule has 0 aliphatic heterocycles. The molecule has 0 saturated carbocycles. The Morgan fingerprint density at radius 1 is 1.26 bits per heavy atom. The molecule has 1 rings (SSSR count). The van der Waals surface area contributed by atoms with Crippen molar-refractivity contribution in [2.75, 3.05) is 20.2 Å². The molecule has 0 heterocycles. The van der Waals surface area contributed by atoms with Crippen LogP contribution in [0.1, 0.15) is 15.9 Å². The molecule has 0 saturated heterocycles. The summed E-state index contributed by atoms with van der Waals surface area (Å²) >= 11 is 0. The Kier molecular flexibility index (Phi) is 6.09. The Morgan fingerprint density at radius 2 is 1.84 bits per heavy atom. The maximum absolute atomic E-state index is 12.2. The highest BCUT2D eigenvalue weighted by atomic mass is 16.6. The average Bonchev–Trinajstić information content (AvgIpc) is 2.44. The Labute approximate surface area is 113 Å². The van der Waals surface area contributed by atoms with Crippen molar-refractivity contribution in [3.05, 3.63) is 60.7 Å². The molecule has 19 heavy (non-hydrogen) atoms. The number of hydrogen-bond donors (Lipinski definition) is 0. The molecule has 1 amide bonds. The number of carbonyl (C=O) groups excluding carboxylic acids is 1. The van der Waals surface area contributed by atoms with E-state index in [1.165, 1.54) is 7.11 Å². The Balaban J connectivity index is 2.83. The van der Waals surface area contributed by atoms with Gasteiger partial charge in [-0.3, -0.25) is 4.79 Å². The fraction of sp³-hybridized carbons (Fsp3) is 0.200. The molecule has 0 unspecified atom stereocenters. The third-order valence-electron chi connectivity index (χ3n) is 2.45. The van der Waals surface area contributed by atoms with Crippen LogP contribution in [-0.4, -0.2) is 37.2 Å².